The largest absolute Gasteiger partial charge is 4.00 e. The molecular formula is H3CeNO4P+. The zero-order valence-electron chi connectivity index (χ0n) is 3.29. The molecule has 0 amide bonds. The molecule has 0 bridgehead atoms. The van der Waals surface area contributed by atoms with Gasteiger partial charge in [0, 0.05) is 0 Å². The summed E-state index contributed by atoms with van der Waals surface area (Å²) in [5, 5.41) is 0. The van der Waals surface area contributed by atoms with Crippen molar-refractivity contribution in [3.05, 3.63) is 0 Å². The average molecular weight is 252 g/mol. The van der Waals surface area contributed by atoms with Crippen LogP contribution >= 0.6 is 7.82 Å². The van der Waals surface area contributed by atoms with Crippen molar-refractivity contribution in [2.45, 2.75) is 0 Å². The van der Waals surface area contributed by atoms with Crippen LogP contribution in [0.2, 0.25) is 0 Å². The van der Waals surface area contributed by atoms with E-state index in [1.54, 1.807) is 0 Å². The molecule has 0 radical (unpaired) electrons. The molecule has 40 valence electrons. The second kappa shape index (κ2) is 5.58. The van der Waals surface area contributed by atoms with E-state index in [0.29, 0.717) is 0 Å². The summed E-state index contributed by atoms with van der Waals surface area (Å²) >= 11 is 0. The van der Waals surface area contributed by atoms with Crippen molar-refractivity contribution in [1.82, 2.24) is 6.15 Å². The smallest absolute Gasteiger partial charge is 0.822 e. The number of hydrogen-bond donors (Lipinski definition) is 1. The molecule has 0 fully saturated rings. The molecule has 0 aromatic rings. The molecule has 0 aliphatic carbocycles. The van der Waals surface area contributed by atoms with Gasteiger partial charge in [0.1, 0.15) is 0 Å². The van der Waals surface area contributed by atoms with Gasteiger partial charge in [-0.15, -0.1) is 0 Å². The summed E-state index contributed by atoms with van der Waals surface area (Å²) in [4.78, 5) is 25.6. The van der Waals surface area contributed by atoms with Crippen LogP contribution in [-0.2, 0) is 4.57 Å². The Balaban J connectivity index is -0.0000000800. The Kier molecular flexibility index (Phi) is 12.6. The first-order chi connectivity index (χ1) is 2.00. The Morgan fingerprint density at radius 3 is 1.14 bits per heavy atom. The molecule has 0 spiro atoms. The fourth-order valence-electron chi connectivity index (χ4n) is 0. The van der Waals surface area contributed by atoms with Gasteiger partial charge in [-0.05, 0) is 0 Å². The molecule has 0 saturated heterocycles. The van der Waals surface area contributed by atoms with Gasteiger partial charge in [-0.1, -0.05) is 0 Å². The Morgan fingerprint density at radius 1 is 1.14 bits per heavy atom. The van der Waals surface area contributed by atoms with Crippen LogP contribution in [0, 0.1) is 41.7 Å². The summed E-state index contributed by atoms with van der Waals surface area (Å²) in [6.07, 6.45) is 0. The van der Waals surface area contributed by atoms with Gasteiger partial charge in [0.25, 0.3) is 0 Å². The van der Waals surface area contributed by atoms with Crippen LogP contribution in [-0.4, -0.2) is 0 Å². The van der Waals surface area contributed by atoms with E-state index >= 15 is 0 Å². The second-order valence-corrected chi connectivity index (χ2v) is 1.34. The Labute approximate surface area is 74.3 Å². The quantitative estimate of drug-likeness (QED) is 0.471. The summed E-state index contributed by atoms with van der Waals surface area (Å²) in [6.45, 7) is 0. The standard InChI is InChI=1S/Ce.H3N.H3O4P/c;;1-5(2,3)4/h;1H3;(H3,1,2,3,4)/q+4;;/p-3. The molecule has 7 heteroatoms. The van der Waals surface area contributed by atoms with Crippen molar-refractivity contribution in [3.63, 3.8) is 0 Å². The van der Waals surface area contributed by atoms with E-state index in [0.717, 1.165) is 0 Å². The molecule has 3 N–H and O–H groups in total. The number of hydrogen-bond acceptors (Lipinski definition) is 5. The molecule has 0 unspecified atom stereocenters. The molecule has 0 heterocycles. The van der Waals surface area contributed by atoms with Crippen molar-refractivity contribution in [1.29, 1.82) is 0 Å². The zero-order chi connectivity index (χ0) is 4.50. The molecule has 0 aromatic heterocycles. The summed E-state index contributed by atoms with van der Waals surface area (Å²) in [5.74, 6) is 0. The normalized spacial score (nSPS) is 8.43. The van der Waals surface area contributed by atoms with Gasteiger partial charge in [-0.25, -0.2) is 0 Å². The van der Waals surface area contributed by atoms with E-state index < -0.39 is 7.82 Å². The Hall–Kier alpha value is 1.45. The molecule has 0 aromatic carbocycles. The van der Waals surface area contributed by atoms with Crippen LogP contribution in [0.5, 0.6) is 0 Å². The van der Waals surface area contributed by atoms with Gasteiger partial charge in [-0.3, -0.25) is 0 Å². The second-order valence-electron chi connectivity index (χ2n) is 0.447. The third kappa shape index (κ3) is 106. The summed E-state index contributed by atoms with van der Waals surface area (Å²) in [7, 11) is -5.39. The van der Waals surface area contributed by atoms with E-state index in [2.05, 4.69) is 0 Å². The predicted octanol–water partition coefficient (Wildman–Crippen LogP) is -2.66. The SMILES string of the molecule is N.O=P([O-])([O-])[O-].[Ce+4]. The average Bonchev–Trinajstić information content (AvgIpc) is 0.722. The topological polar surface area (TPSA) is 121 Å². The molecule has 0 aliphatic rings. The molecule has 0 rings (SSSR count). The Bertz CT molecular complexity index is 57.8. The molecule has 7 heavy (non-hydrogen) atoms. The third-order valence-electron chi connectivity index (χ3n) is 0. The van der Waals surface area contributed by atoms with Crippen LogP contribution in [0.3, 0.4) is 0 Å². The van der Waals surface area contributed by atoms with Crippen LogP contribution in [0.25, 0.3) is 0 Å². The monoisotopic (exact) mass is 252 g/mol. The van der Waals surface area contributed by atoms with E-state index in [-0.39, 0.29) is 47.9 Å². The fourth-order valence-corrected chi connectivity index (χ4v) is 0. The summed E-state index contributed by atoms with van der Waals surface area (Å²) < 4.78 is 8.55. The van der Waals surface area contributed by atoms with Gasteiger partial charge in [0.2, 0.25) is 0 Å². The maximum Gasteiger partial charge on any atom is 4.00 e. The van der Waals surface area contributed by atoms with E-state index in [9.17, 15) is 0 Å². The first-order valence-corrected chi connectivity index (χ1v) is 2.19. The number of phosphoric acid groups is 1. The molecular weight excluding hydrogens is 249 g/mol. The van der Waals surface area contributed by atoms with Crippen LogP contribution in [0.4, 0.5) is 0 Å². The molecule has 0 atom stereocenters. The summed E-state index contributed by atoms with van der Waals surface area (Å²) in [5.41, 5.74) is 0. The van der Waals surface area contributed by atoms with Crippen molar-refractivity contribution < 1.29 is 61.0 Å². The first kappa shape index (κ1) is 15.8. The maximum atomic E-state index is 8.55. The van der Waals surface area contributed by atoms with Crippen LogP contribution in [0.1, 0.15) is 0 Å². The van der Waals surface area contributed by atoms with Crippen molar-refractivity contribution >= 4 is 7.82 Å². The molecule has 0 saturated carbocycles. The fraction of sp³-hybridized carbons (Fsp3) is 0. The minimum Gasteiger partial charge on any atom is -0.822 e. The minimum absolute atomic E-state index is 0. The minimum atomic E-state index is -5.39. The molecule has 0 aliphatic heterocycles. The molecule has 5 nitrogen and oxygen atoms in total. The van der Waals surface area contributed by atoms with E-state index in [1.165, 1.54) is 0 Å². The zero-order valence-corrected chi connectivity index (χ0v) is 7.32. The first-order valence-electron chi connectivity index (χ1n) is 0.730. The van der Waals surface area contributed by atoms with Gasteiger partial charge in [0.15, 0.2) is 0 Å². The van der Waals surface area contributed by atoms with Crippen molar-refractivity contribution in [3.8, 4) is 0 Å². The summed E-state index contributed by atoms with van der Waals surface area (Å²) in [6, 6.07) is 0. The van der Waals surface area contributed by atoms with Crippen LogP contribution in [0.15, 0.2) is 0 Å². The van der Waals surface area contributed by atoms with Gasteiger partial charge in [-0.2, -0.15) is 7.82 Å². The van der Waals surface area contributed by atoms with Crippen molar-refractivity contribution in [2.75, 3.05) is 0 Å². The van der Waals surface area contributed by atoms with Crippen molar-refractivity contribution in [2.24, 2.45) is 0 Å². The number of rotatable bonds is 0. The van der Waals surface area contributed by atoms with E-state index in [1.807, 2.05) is 0 Å². The predicted molar refractivity (Wildman–Crippen MR) is 12.6 cm³/mol. The third-order valence-corrected chi connectivity index (χ3v) is 0. The maximum absolute atomic E-state index is 8.55. The Morgan fingerprint density at radius 2 is 1.14 bits per heavy atom. The van der Waals surface area contributed by atoms with Gasteiger partial charge in [0.05, 0.1) is 0 Å². The van der Waals surface area contributed by atoms with Gasteiger partial charge < -0.3 is 25.4 Å². The van der Waals surface area contributed by atoms with Gasteiger partial charge >= 0.3 is 41.7 Å². The van der Waals surface area contributed by atoms with E-state index in [4.69, 9.17) is 19.2 Å². The van der Waals surface area contributed by atoms with Crippen LogP contribution < -0.4 is 20.8 Å².